The quantitative estimate of drug-likeness (QED) is 0.799. The lowest BCUT2D eigenvalue weighted by molar-refractivity contribution is -0.130. The molecule has 8 heteroatoms. The summed E-state index contributed by atoms with van der Waals surface area (Å²) in [4.78, 5) is 31.4. The molecule has 4 atom stereocenters. The molecule has 3 heterocycles. The number of likely N-dealkylation sites (tertiary alicyclic amines) is 1. The molecule has 29 heavy (non-hydrogen) atoms. The van der Waals surface area contributed by atoms with Crippen LogP contribution in [-0.4, -0.2) is 58.6 Å². The number of carbonyl (C=O) groups is 2. The fourth-order valence-corrected chi connectivity index (χ4v) is 4.69. The van der Waals surface area contributed by atoms with Crippen LogP contribution in [0.5, 0.6) is 0 Å². The molecule has 2 amide bonds. The summed E-state index contributed by atoms with van der Waals surface area (Å²) in [7, 11) is 1.69. The van der Waals surface area contributed by atoms with Crippen LogP contribution < -0.4 is 5.32 Å². The molecule has 156 valence electrons. The van der Waals surface area contributed by atoms with Gasteiger partial charge in [0.05, 0.1) is 24.0 Å². The van der Waals surface area contributed by atoms with E-state index in [2.05, 4.69) is 10.3 Å². The predicted molar refractivity (Wildman–Crippen MR) is 105 cm³/mol. The molecular weight excluding hydrogens is 372 g/mol. The molecule has 1 saturated heterocycles. The van der Waals surface area contributed by atoms with Crippen molar-refractivity contribution in [1.29, 1.82) is 0 Å². The standard InChI is InChI=1S/C21H28N4O4/c1-14-22-5-7-24(14)6-3-20(26)25-11-16-9-18(19(28-2)10-17(16)12-25)23-21(27)15-4-8-29-13-15/h4-5,7-8,13,16-19H,3,6,9-12H2,1-2H3,(H,23,27)/t16-,17+,18-,19-/m0/s1. The Kier molecular flexibility index (Phi) is 5.71. The summed E-state index contributed by atoms with van der Waals surface area (Å²) in [6, 6.07) is 1.59. The van der Waals surface area contributed by atoms with E-state index in [0.29, 0.717) is 30.4 Å². The van der Waals surface area contributed by atoms with Gasteiger partial charge in [0.1, 0.15) is 12.1 Å². The monoisotopic (exact) mass is 400 g/mol. The average Bonchev–Trinajstić information content (AvgIpc) is 3.46. The van der Waals surface area contributed by atoms with Crippen molar-refractivity contribution in [3.05, 3.63) is 42.4 Å². The third-order valence-electron chi connectivity index (χ3n) is 6.36. The Bertz CT molecular complexity index is 847. The number of imidazole rings is 1. The normalized spacial score (nSPS) is 26.3. The lowest BCUT2D eigenvalue weighted by Gasteiger charge is -2.37. The molecular formula is C21H28N4O4. The Morgan fingerprint density at radius 1 is 1.31 bits per heavy atom. The summed E-state index contributed by atoms with van der Waals surface area (Å²) < 4.78 is 12.7. The van der Waals surface area contributed by atoms with Gasteiger partial charge in [-0.1, -0.05) is 0 Å². The Morgan fingerprint density at radius 2 is 2.10 bits per heavy atom. The summed E-state index contributed by atoms with van der Waals surface area (Å²) >= 11 is 0. The Hall–Kier alpha value is -2.61. The predicted octanol–water partition coefficient (Wildman–Crippen LogP) is 1.86. The number of amides is 2. The third-order valence-corrected chi connectivity index (χ3v) is 6.36. The van der Waals surface area contributed by atoms with E-state index >= 15 is 0 Å². The third kappa shape index (κ3) is 4.22. The minimum absolute atomic E-state index is 0.0456. The largest absolute Gasteiger partial charge is 0.472 e. The van der Waals surface area contributed by atoms with Crippen LogP contribution in [0, 0.1) is 18.8 Å². The van der Waals surface area contributed by atoms with Crippen LogP contribution in [0.4, 0.5) is 0 Å². The highest BCUT2D eigenvalue weighted by atomic mass is 16.5. The Balaban J connectivity index is 1.34. The van der Waals surface area contributed by atoms with Gasteiger partial charge in [0.2, 0.25) is 5.91 Å². The molecule has 2 aromatic rings. The molecule has 0 bridgehead atoms. The van der Waals surface area contributed by atoms with Crippen LogP contribution in [0.15, 0.2) is 35.4 Å². The lowest BCUT2D eigenvalue weighted by atomic mass is 9.77. The lowest BCUT2D eigenvalue weighted by Crippen LogP contribution is -2.50. The van der Waals surface area contributed by atoms with Crippen molar-refractivity contribution in [2.24, 2.45) is 11.8 Å². The van der Waals surface area contributed by atoms with Crippen LogP contribution in [0.25, 0.3) is 0 Å². The fourth-order valence-electron chi connectivity index (χ4n) is 4.69. The number of fused-ring (bicyclic) bond motifs is 1. The van der Waals surface area contributed by atoms with Gasteiger partial charge in [-0.15, -0.1) is 0 Å². The summed E-state index contributed by atoms with van der Waals surface area (Å²) in [5.74, 6) is 1.76. The van der Waals surface area contributed by atoms with Crippen molar-refractivity contribution >= 4 is 11.8 Å². The second-order valence-corrected chi connectivity index (χ2v) is 8.07. The zero-order chi connectivity index (χ0) is 20.4. The molecule has 8 nitrogen and oxygen atoms in total. The maximum atomic E-state index is 12.7. The molecule has 1 aliphatic carbocycles. The number of furan rings is 1. The second kappa shape index (κ2) is 8.41. The van der Waals surface area contributed by atoms with Crippen LogP contribution in [0.1, 0.15) is 35.4 Å². The van der Waals surface area contributed by atoms with Gasteiger partial charge in [-0.05, 0) is 37.7 Å². The SMILES string of the molecule is CO[C@H]1C[C@@H]2CN(C(=O)CCn3ccnc3C)C[C@@H]2C[C@@H]1NC(=O)c1ccoc1. The van der Waals surface area contributed by atoms with E-state index in [1.54, 1.807) is 19.4 Å². The van der Waals surface area contributed by atoms with E-state index in [4.69, 9.17) is 9.15 Å². The number of hydrogen-bond donors (Lipinski definition) is 1. The number of methoxy groups -OCH3 is 1. The molecule has 2 aliphatic rings. The van der Waals surface area contributed by atoms with E-state index in [1.807, 2.05) is 22.6 Å². The molecule has 0 aromatic carbocycles. The molecule has 2 fully saturated rings. The van der Waals surface area contributed by atoms with Crippen LogP contribution in [-0.2, 0) is 16.1 Å². The molecule has 2 aromatic heterocycles. The Morgan fingerprint density at radius 3 is 2.76 bits per heavy atom. The molecule has 1 aliphatic heterocycles. The molecule has 0 unspecified atom stereocenters. The minimum Gasteiger partial charge on any atom is -0.472 e. The highest BCUT2D eigenvalue weighted by molar-refractivity contribution is 5.94. The van der Waals surface area contributed by atoms with Gasteiger partial charge in [0.15, 0.2) is 0 Å². The minimum atomic E-state index is -0.147. The molecule has 1 N–H and O–H groups in total. The fraction of sp³-hybridized carbons (Fsp3) is 0.571. The highest BCUT2D eigenvalue weighted by Crippen LogP contribution is 2.37. The highest BCUT2D eigenvalue weighted by Gasteiger charge is 2.44. The van der Waals surface area contributed by atoms with Crippen molar-refractivity contribution in [2.75, 3.05) is 20.2 Å². The summed E-state index contributed by atoms with van der Waals surface area (Å²) in [5.41, 5.74) is 0.514. The average molecular weight is 400 g/mol. The van der Waals surface area contributed by atoms with E-state index in [1.165, 1.54) is 12.5 Å². The van der Waals surface area contributed by atoms with Crippen LogP contribution >= 0.6 is 0 Å². The van der Waals surface area contributed by atoms with Gasteiger partial charge in [0.25, 0.3) is 5.91 Å². The smallest absolute Gasteiger partial charge is 0.254 e. The second-order valence-electron chi connectivity index (χ2n) is 8.07. The summed E-state index contributed by atoms with van der Waals surface area (Å²) in [5, 5.41) is 3.09. The number of aromatic nitrogens is 2. The summed E-state index contributed by atoms with van der Waals surface area (Å²) in [6.45, 7) is 4.12. The van der Waals surface area contributed by atoms with E-state index in [-0.39, 0.29) is 24.0 Å². The van der Waals surface area contributed by atoms with Crippen molar-refractivity contribution < 1.29 is 18.7 Å². The maximum absolute atomic E-state index is 12.7. The number of hydrogen-bond acceptors (Lipinski definition) is 5. The maximum Gasteiger partial charge on any atom is 0.254 e. The Labute approximate surface area is 170 Å². The topological polar surface area (TPSA) is 89.6 Å². The van der Waals surface area contributed by atoms with Crippen molar-refractivity contribution in [3.63, 3.8) is 0 Å². The van der Waals surface area contributed by atoms with E-state index in [0.717, 1.165) is 31.8 Å². The van der Waals surface area contributed by atoms with Gasteiger partial charge >= 0.3 is 0 Å². The number of nitrogens with zero attached hydrogens (tertiary/aromatic N) is 3. The molecule has 0 radical (unpaired) electrons. The zero-order valence-corrected chi connectivity index (χ0v) is 16.9. The van der Waals surface area contributed by atoms with Gasteiger partial charge < -0.3 is 23.9 Å². The first kappa shape index (κ1) is 19.7. The van der Waals surface area contributed by atoms with Crippen molar-refractivity contribution in [1.82, 2.24) is 19.8 Å². The first-order valence-electron chi connectivity index (χ1n) is 10.2. The number of rotatable bonds is 6. The van der Waals surface area contributed by atoms with Crippen LogP contribution in [0.2, 0.25) is 0 Å². The van der Waals surface area contributed by atoms with Crippen molar-refractivity contribution in [3.8, 4) is 0 Å². The number of aryl methyl sites for hydroxylation is 2. The van der Waals surface area contributed by atoms with E-state index < -0.39 is 0 Å². The summed E-state index contributed by atoms with van der Waals surface area (Å²) in [6.07, 6.45) is 8.70. The molecule has 0 spiro atoms. The number of carbonyl (C=O) groups excluding carboxylic acids is 2. The van der Waals surface area contributed by atoms with Gasteiger partial charge in [-0.25, -0.2) is 4.98 Å². The van der Waals surface area contributed by atoms with Gasteiger partial charge in [-0.2, -0.15) is 0 Å². The zero-order valence-electron chi connectivity index (χ0n) is 16.9. The van der Waals surface area contributed by atoms with Crippen molar-refractivity contribution in [2.45, 2.75) is 44.9 Å². The van der Waals surface area contributed by atoms with Gasteiger partial charge in [-0.3, -0.25) is 9.59 Å². The number of nitrogens with one attached hydrogen (secondary N) is 1. The van der Waals surface area contributed by atoms with Crippen LogP contribution in [0.3, 0.4) is 0 Å². The first-order valence-corrected chi connectivity index (χ1v) is 10.2. The molecule has 1 saturated carbocycles. The molecule has 4 rings (SSSR count). The number of ether oxygens (including phenoxy) is 1. The van der Waals surface area contributed by atoms with Gasteiger partial charge in [0, 0.05) is 45.6 Å². The first-order chi connectivity index (χ1) is 14.0. The van der Waals surface area contributed by atoms with E-state index in [9.17, 15) is 9.59 Å².